The molecule has 0 aliphatic carbocycles. The van der Waals surface area contributed by atoms with Gasteiger partial charge in [0.1, 0.15) is 0 Å². The molecule has 2 aliphatic heterocycles. The highest BCUT2D eigenvalue weighted by Gasteiger charge is 2.33. The number of thioether (sulfide) groups is 2. The van der Waals surface area contributed by atoms with Gasteiger partial charge in [-0.05, 0) is 43.6 Å². The molecule has 2 fully saturated rings. The molecule has 0 bridgehead atoms. The van der Waals surface area contributed by atoms with Crippen molar-refractivity contribution in [2.75, 3.05) is 24.7 Å². The summed E-state index contributed by atoms with van der Waals surface area (Å²) in [6, 6.07) is 0. The summed E-state index contributed by atoms with van der Waals surface area (Å²) in [6.07, 6.45) is 14.9. The second kappa shape index (κ2) is 10.2. The standard InChI is InChI=1S/C17H30O2S2/c1-2-3-4-5-6-7-10-17(20-14-8-15-21-17)11-9-16-18-12-13-19-16/h6-7,16H,2-5,8-15H2,1H3/b7-6-. The Morgan fingerprint density at radius 3 is 2.57 bits per heavy atom. The van der Waals surface area contributed by atoms with Gasteiger partial charge in [0.2, 0.25) is 0 Å². The van der Waals surface area contributed by atoms with E-state index >= 15 is 0 Å². The highest BCUT2D eigenvalue weighted by molar-refractivity contribution is 8.18. The lowest BCUT2D eigenvalue weighted by molar-refractivity contribution is -0.0480. The van der Waals surface area contributed by atoms with Crippen molar-refractivity contribution in [2.24, 2.45) is 0 Å². The Kier molecular flexibility index (Phi) is 8.60. The molecule has 0 spiro atoms. The molecule has 21 heavy (non-hydrogen) atoms. The molecular weight excluding hydrogens is 300 g/mol. The van der Waals surface area contributed by atoms with Crippen LogP contribution in [0.25, 0.3) is 0 Å². The smallest absolute Gasteiger partial charge is 0.157 e. The lowest BCUT2D eigenvalue weighted by atomic mass is 10.1. The normalized spacial score (nSPS) is 23.1. The van der Waals surface area contributed by atoms with Gasteiger partial charge in [0.25, 0.3) is 0 Å². The molecule has 0 amide bonds. The molecule has 0 aromatic heterocycles. The lowest BCUT2D eigenvalue weighted by Gasteiger charge is -2.36. The minimum Gasteiger partial charge on any atom is -0.350 e. The number of ether oxygens (including phenoxy) is 2. The van der Waals surface area contributed by atoms with E-state index in [1.807, 2.05) is 0 Å². The predicted molar refractivity (Wildman–Crippen MR) is 95.1 cm³/mol. The van der Waals surface area contributed by atoms with Gasteiger partial charge in [-0.1, -0.05) is 31.9 Å². The van der Waals surface area contributed by atoms with Gasteiger partial charge in [-0.3, -0.25) is 0 Å². The Hall–Kier alpha value is 0.360. The fourth-order valence-electron chi connectivity index (χ4n) is 2.79. The second-order valence-electron chi connectivity index (χ2n) is 5.84. The molecule has 0 unspecified atom stereocenters. The van der Waals surface area contributed by atoms with Gasteiger partial charge in [0.15, 0.2) is 6.29 Å². The zero-order chi connectivity index (χ0) is 14.8. The van der Waals surface area contributed by atoms with Crippen molar-refractivity contribution in [3.63, 3.8) is 0 Å². The number of allylic oxidation sites excluding steroid dienone is 2. The SMILES string of the molecule is CCCCC/C=C\CC1(CCC2OCCO2)SCCCS1. The fraction of sp³-hybridized carbons (Fsp3) is 0.882. The van der Waals surface area contributed by atoms with E-state index in [0.717, 1.165) is 19.6 Å². The first-order valence-electron chi connectivity index (χ1n) is 8.51. The Morgan fingerprint density at radius 2 is 1.86 bits per heavy atom. The molecule has 2 heterocycles. The van der Waals surface area contributed by atoms with Crippen LogP contribution >= 0.6 is 23.5 Å². The summed E-state index contributed by atoms with van der Waals surface area (Å²) in [4.78, 5) is 0. The van der Waals surface area contributed by atoms with Gasteiger partial charge in [0, 0.05) is 6.42 Å². The minimum atomic E-state index is 0.0542. The van der Waals surface area contributed by atoms with E-state index in [2.05, 4.69) is 42.6 Å². The van der Waals surface area contributed by atoms with Crippen LogP contribution in [0.15, 0.2) is 12.2 Å². The van der Waals surface area contributed by atoms with Crippen LogP contribution in [-0.2, 0) is 9.47 Å². The summed E-state index contributed by atoms with van der Waals surface area (Å²) in [5.41, 5.74) is 0. The van der Waals surface area contributed by atoms with E-state index in [9.17, 15) is 0 Å². The molecule has 2 rings (SSSR count). The van der Waals surface area contributed by atoms with Gasteiger partial charge in [0.05, 0.1) is 17.3 Å². The van der Waals surface area contributed by atoms with Gasteiger partial charge in [-0.2, -0.15) is 0 Å². The van der Waals surface area contributed by atoms with Crippen LogP contribution in [0.3, 0.4) is 0 Å². The molecule has 0 aromatic rings. The number of unbranched alkanes of at least 4 members (excludes halogenated alkanes) is 3. The zero-order valence-electron chi connectivity index (χ0n) is 13.4. The molecule has 0 saturated carbocycles. The Labute approximate surface area is 138 Å². The molecule has 0 radical (unpaired) electrons. The van der Waals surface area contributed by atoms with Crippen molar-refractivity contribution in [3.8, 4) is 0 Å². The molecule has 122 valence electrons. The summed E-state index contributed by atoms with van der Waals surface area (Å²) < 4.78 is 11.6. The second-order valence-corrected chi connectivity index (χ2v) is 9.06. The highest BCUT2D eigenvalue weighted by atomic mass is 32.2. The average molecular weight is 331 g/mol. The van der Waals surface area contributed by atoms with Crippen LogP contribution in [-0.4, -0.2) is 35.1 Å². The van der Waals surface area contributed by atoms with E-state index < -0.39 is 0 Å². The quantitative estimate of drug-likeness (QED) is 0.425. The third-order valence-corrected chi connectivity index (χ3v) is 7.53. The highest BCUT2D eigenvalue weighted by Crippen LogP contribution is 2.48. The molecule has 2 nitrogen and oxygen atoms in total. The van der Waals surface area contributed by atoms with Crippen LogP contribution < -0.4 is 0 Å². The third kappa shape index (κ3) is 6.55. The van der Waals surface area contributed by atoms with Crippen LogP contribution in [0.2, 0.25) is 0 Å². The Balaban J connectivity index is 1.75. The van der Waals surface area contributed by atoms with Gasteiger partial charge in [-0.25, -0.2) is 0 Å². The van der Waals surface area contributed by atoms with Crippen LogP contribution in [0.4, 0.5) is 0 Å². The average Bonchev–Trinajstić information content (AvgIpc) is 3.03. The minimum absolute atomic E-state index is 0.0542. The van der Waals surface area contributed by atoms with E-state index in [4.69, 9.17) is 9.47 Å². The summed E-state index contributed by atoms with van der Waals surface area (Å²) in [5.74, 6) is 2.62. The van der Waals surface area contributed by atoms with Crippen molar-refractivity contribution in [3.05, 3.63) is 12.2 Å². The first kappa shape index (κ1) is 17.7. The maximum absolute atomic E-state index is 5.60. The predicted octanol–water partition coefficient (Wildman–Crippen LogP) is 5.23. The number of hydrogen-bond acceptors (Lipinski definition) is 4. The van der Waals surface area contributed by atoms with Crippen molar-refractivity contribution < 1.29 is 9.47 Å². The first-order chi connectivity index (χ1) is 10.3. The van der Waals surface area contributed by atoms with Gasteiger partial charge < -0.3 is 9.47 Å². The zero-order valence-corrected chi connectivity index (χ0v) is 15.0. The molecule has 4 heteroatoms. The van der Waals surface area contributed by atoms with E-state index in [-0.39, 0.29) is 6.29 Å². The van der Waals surface area contributed by atoms with Gasteiger partial charge in [-0.15, -0.1) is 23.5 Å². The monoisotopic (exact) mass is 330 g/mol. The van der Waals surface area contributed by atoms with E-state index in [1.165, 1.54) is 56.5 Å². The number of hydrogen-bond donors (Lipinski definition) is 0. The summed E-state index contributed by atoms with van der Waals surface area (Å²) in [7, 11) is 0. The molecular formula is C17H30O2S2. The fourth-order valence-corrected chi connectivity index (χ4v) is 6.08. The van der Waals surface area contributed by atoms with E-state index in [0.29, 0.717) is 4.08 Å². The van der Waals surface area contributed by atoms with Crippen molar-refractivity contribution in [2.45, 2.75) is 68.7 Å². The largest absolute Gasteiger partial charge is 0.350 e. The lowest BCUT2D eigenvalue weighted by Crippen LogP contribution is -2.26. The van der Waals surface area contributed by atoms with E-state index in [1.54, 1.807) is 0 Å². The maximum atomic E-state index is 5.60. The topological polar surface area (TPSA) is 18.5 Å². The molecule has 0 aromatic carbocycles. The molecule has 2 aliphatic rings. The van der Waals surface area contributed by atoms with Crippen LogP contribution in [0, 0.1) is 0 Å². The molecule has 2 saturated heterocycles. The first-order valence-corrected chi connectivity index (χ1v) is 10.5. The molecule has 0 N–H and O–H groups in total. The Bertz CT molecular complexity index is 295. The Morgan fingerprint density at radius 1 is 1.10 bits per heavy atom. The number of rotatable bonds is 9. The van der Waals surface area contributed by atoms with Crippen molar-refractivity contribution in [1.82, 2.24) is 0 Å². The third-order valence-electron chi connectivity index (χ3n) is 4.04. The van der Waals surface area contributed by atoms with Gasteiger partial charge >= 0.3 is 0 Å². The summed E-state index contributed by atoms with van der Waals surface area (Å²) >= 11 is 4.33. The van der Waals surface area contributed by atoms with Crippen molar-refractivity contribution in [1.29, 1.82) is 0 Å². The van der Waals surface area contributed by atoms with Crippen LogP contribution in [0.5, 0.6) is 0 Å². The van der Waals surface area contributed by atoms with Crippen LogP contribution in [0.1, 0.15) is 58.3 Å². The van der Waals surface area contributed by atoms with Crippen molar-refractivity contribution >= 4 is 23.5 Å². The summed E-state index contributed by atoms with van der Waals surface area (Å²) in [6.45, 7) is 3.81. The molecule has 0 atom stereocenters. The maximum Gasteiger partial charge on any atom is 0.157 e. The summed E-state index contributed by atoms with van der Waals surface area (Å²) in [5, 5.41) is 0.